The van der Waals surface area contributed by atoms with Gasteiger partial charge in [-0.05, 0) is 81.0 Å². The molecule has 16 N–H and O–H groups in total. The van der Waals surface area contributed by atoms with E-state index < -0.39 is 108 Å². The summed E-state index contributed by atoms with van der Waals surface area (Å²) < 4.78 is 0. The van der Waals surface area contributed by atoms with Crippen LogP contribution in [0.5, 0.6) is 5.75 Å². The van der Waals surface area contributed by atoms with Crippen LogP contribution in [0, 0.1) is 0 Å². The number of aromatic amines is 1. The van der Waals surface area contributed by atoms with Crippen molar-refractivity contribution in [3.63, 3.8) is 0 Å². The van der Waals surface area contributed by atoms with Gasteiger partial charge in [-0.1, -0.05) is 60.7 Å². The lowest BCUT2D eigenvalue weighted by atomic mass is 9.99. The summed E-state index contributed by atoms with van der Waals surface area (Å²) in [5.41, 5.74) is 20.0. The Morgan fingerprint density at radius 1 is 0.622 bits per heavy atom. The molecule has 0 fully saturated rings. The summed E-state index contributed by atoms with van der Waals surface area (Å²) in [7, 11) is 1.38. The maximum atomic E-state index is 14.9. The molecular weight excluding hydrogens is 995 g/mol. The fraction of sp³-hybridized carbons (Fsp3) is 0.440. The van der Waals surface area contributed by atoms with Crippen LogP contribution in [0.3, 0.4) is 0 Å². The number of amides is 8. The van der Waals surface area contributed by atoms with Gasteiger partial charge in [0.2, 0.25) is 47.3 Å². The van der Waals surface area contributed by atoms with Gasteiger partial charge in [0, 0.05) is 48.5 Å². The van der Waals surface area contributed by atoms with Crippen LogP contribution in [-0.2, 0) is 57.6 Å². The van der Waals surface area contributed by atoms with Crippen molar-refractivity contribution < 1.29 is 53.7 Å². The summed E-state index contributed by atoms with van der Waals surface area (Å²) in [6.07, 6.45) is -0.614. The fourth-order valence-corrected chi connectivity index (χ4v) is 8.43. The molecule has 0 radical (unpaired) electrons. The van der Waals surface area contributed by atoms with Crippen LogP contribution in [0.2, 0.25) is 0 Å². The van der Waals surface area contributed by atoms with E-state index in [9.17, 15) is 53.7 Å². The molecule has 74 heavy (non-hydrogen) atoms. The molecule has 1 heterocycles. The average molecular weight is 1060 g/mol. The highest BCUT2D eigenvalue weighted by Crippen LogP contribution is 2.22. The molecule has 8 amide bonds. The second-order valence-electron chi connectivity index (χ2n) is 17.9. The number of aromatic nitrogens is 1. The Morgan fingerprint density at radius 3 is 1.74 bits per heavy atom. The average Bonchev–Trinajstić information content (AvgIpc) is 3.79. The number of aromatic hydroxyl groups is 1. The van der Waals surface area contributed by atoms with E-state index in [4.69, 9.17) is 17.2 Å². The summed E-state index contributed by atoms with van der Waals surface area (Å²) >= 11 is 8.45. The number of likely N-dealkylation sites (N-methyl/N-ethyl adjacent to an activating group) is 1. The van der Waals surface area contributed by atoms with Crippen molar-refractivity contribution in [2.45, 2.75) is 113 Å². The van der Waals surface area contributed by atoms with Gasteiger partial charge in [-0.15, -0.1) is 0 Å². The number of phenolic OH excluding ortho intramolecular Hbond substituents is 1. The van der Waals surface area contributed by atoms with Crippen molar-refractivity contribution >= 4 is 83.4 Å². The molecule has 4 rings (SSSR count). The summed E-state index contributed by atoms with van der Waals surface area (Å²) in [6, 6.07) is 11.1. The van der Waals surface area contributed by atoms with Gasteiger partial charge in [-0.3, -0.25) is 38.4 Å². The van der Waals surface area contributed by atoms with Gasteiger partial charge in [0.1, 0.15) is 48.0 Å². The van der Waals surface area contributed by atoms with E-state index in [0.29, 0.717) is 29.5 Å². The first-order valence-electron chi connectivity index (χ1n) is 24.0. The Balaban J connectivity index is 1.64. The van der Waals surface area contributed by atoms with Crippen molar-refractivity contribution in [1.29, 1.82) is 0 Å². The molecule has 0 spiro atoms. The molecule has 0 aliphatic carbocycles. The number of carbonyl (C=O) groups is 8. The minimum Gasteiger partial charge on any atom is -0.508 e. The van der Waals surface area contributed by atoms with Gasteiger partial charge in [-0.25, -0.2) is 0 Å². The summed E-state index contributed by atoms with van der Waals surface area (Å²) in [5.74, 6) is -7.36. The van der Waals surface area contributed by atoms with Crippen molar-refractivity contribution in [2.75, 3.05) is 25.1 Å². The molecule has 402 valence electrons. The third-order valence-electron chi connectivity index (χ3n) is 12.2. The molecule has 10 atom stereocenters. The van der Waals surface area contributed by atoms with Crippen LogP contribution in [-0.4, -0.2) is 158 Å². The molecule has 1 aromatic heterocycles. The van der Waals surface area contributed by atoms with Gasteiger partial charge < -0.3 is 74.3 Å². The Bertz CT molecular complexity index is 2530. The van der Waals surface area contributed by atoms with Crippen LogP contribution in [0.25, 0.3) is 10.9 Å². The van der Waals surface area contributed by atoms with Crippen LogP contribution in [0.1, 0.15) is 49.8 Å². The van der Waals surface area contributed by atoms with E-state index in [0.717, 1.165) is 15.8 Å². The highest BCUT2D eigenvalue weighted by atomic mass is 32.1. The van der Waals surface area contributed by atoms with Crippen molar-refractivity contribution in [3.05, 3.63) is 102 Å². The zero-order valence-corrected chi connectivity index (χ0v) is 43.2. The number of nitrogens with zero attached hydrogens (tertiary/aromatic N) is 1. The minimum atomic E-state index is -1.70. The second kappa shape index (κ2) is 29.3. The van der Waals surface area contributed by atoms with E-state index in [1.807, 2.05) is 18.2 Å². The number of hydrogen-bond acceptors (Lipinski definition) is 15. The SMILES string of the molecule is C[C@@H](O)[C@H](NC(=O)[C@H](CS)NC(=O)[C@@H](NC(=O)[C@H](CCCCN)NC(=O)[C@@H](Cc1c[nH]c2ccccc12)N(C)C(=O)[C@H](Cc1ccccc1)NC(=O)[C@H](CS)NC(=O)[C@@H](N)Cc1ccc(O)cc1)[C@@H](C)O)C(N)=O. The number of H-pyrrole nitrogens is 1. The van der Waals surface area contributed by atoms with E-state index in [-0.39, 0.29) is 49.5 Å². The lowest BCUT2D eigenvalue weighted by Gasteiger charge is -2.33. The van der Waals surface area contributed by atoms with Crippen molar-refractivity contribution in [2.24, 2.45) is 17.2 Å². The highest BCUT2D eigenvalue weighted by Gasteiger charge is 2.38. The molecule has 0 aliphatic rings. The number of para-hydroxylation sites is 1. The number of thiol groups is 2. The number of aliphatic hydroxyl groups is 2. The number of carbonyl (C=O) groups excluding carboxylic acids is 8. The number of nitrogens with two attached hydrogens (primary N) is 3. The number of unbranched alkanes of at least 4 members (excludes halogenated alkanes) is 1. The van der Waals surface area contributed by atoms with Gasteiger partial charge >= 0.3 is 0 Å². The Hall–Kier alpha value is -6.70. The highest BCUT2D eigenvalue weighted by molar-refractivity contribution is 7.80. The molecule has 0 saturated carbocycles. The van der Waals surface area contributed by atoms with Crippen molar-refractivity contribution in [3.8, 4) is 5.75 Å². The van der Waals surface area contributed by atoms with E-state index in [2.05, 4.69) is 62.1 Å². The summed E-state index contributed by atoms with van der Waals surface area (Å²) in [4.78, 5) is 114. The normalized spacial score (nSPS) is 15.3. The zero-order chi connectivity index (χ0) is 54.6. The lowest BCUT2D eigenvalue weighted by molar-refractivity contribution is -0.143. The molecule has 22 nitrogen and oxygen atoms in total. The number of hydrogen-bond donors (Lipinski definition) is 15. The minimum absolute atomic E-state index is 0.0158. The largest absolute Gasteiger partial charge is 0.508 e. The molecule has 3 aromatic carbocycles. The van der Waals surface area contributed by atoms with Gasteiger partial charge in [0.05, 0.1) is 18.2 Å². The maximum Gasteiger partial charge on any atom is 0.245 e. The predicted molar refractivity (Wildman–Crippen MR) is 283 cm³/mol. The molecule has 24 heteroatoms. The smallest absolute Gasteiger partial charge is 0.245 e. The number of phenols is 1. The molecule has 0 bridgehead atoms. The predicted octanol–water partition coefficient (Wildman–Crippen LogP) is -1.80. The zero-order valence-electron chi connectivity index (χ0n) is 41.4. The second-order valence-corrected chi connectivity index (χ2v) is 18.7. The summed E-state index contributed by atoms with van der Waals surface area (Å²) in [6.45, 7) is 2.67. The Kier molecular flexibility index (Phi) is 23.7. The third kappa shape index (κ3) is 17.5. The van der Waals surface area contributed by atoms with Crippen molar-refractivity contribution in [1.82, 2.24) is 41.8 Å². The number of fused-ring (bicyclic) bond motifs is 1. The van der Waals surface area contributed by atoms with Gasteiger partial charge in [-0.2, -0.15) is 25.3 Å². The first kappa shape index (κ1) is 59.9. The Morgan fingerprint density at radius 2 is 1.15 bits per heavy atom. The number of primary amides is 1. The molecule has 4 aromatic rings. The summed E-state index contributed by atoms with van der Waals surface area (Å²) in [5, 5.41) is 46.3. The monoisotopic (exact) mass is 1060 g/mol. The Labute approximate surface area is 439 Å². The number of rotatable bonds is 29. The number of benzene rings is 3. The van der Waals surface area contributed by atoms with Gasteiger partial charge in [0.15, 0.2) is 0 Å². The third-order valence-corrected chi connectivity index (χ3v) is 12.9. The van der Waals surface area contributed by atoms with Crippen LogP contribution >= 0.6 is 25.3 Å². The number of nitrogens with one attached hydrogen (secondary N) is 7. The molecule has 0 saturated heterocycles. The van der Waals surface area contributed by atoms with Gasteiger partial charge in [0.25, 0.3) is 0 Å². The van der Waals surface area contributed by atoms with Crippen LogP contribution in [0.4, 0.5) is 0 Å². The topological polar surface area (TPSA) is 367 Å². The van der Waals surface area contributed by atoms with Crippen LogP contribution in [0.15, 0.2) is 85.1 Å². The molecule has 0 unspecified atom stereocenters. The fourth-order valence-electron chi connectivity index (χ4n) is 7.91. The lowest BCUT2D eigenvalue weighted by Crippen LogP contribution is -2.62. The first-order valence-corrected chi connectivity index (χ1v) is 25.2. The van der Waals surface area contributed by atoms with E-state index >= 15 is 0 Å². The van der Waals surface area contributed by atoms with E-state index in [1.54, 1.807) is 54.7 Å². The molecule has 0 aliphatic heterocycles. The van der Waals surface area contributed by atoms with Crippen LogP contribution < -0.4 is 49.1 Å². The quantitative estimate of drug-likeness (QED) is 0.0211. The molecular formula is C50H69N11O11S2. The van der Waals surface area contributed by atoms with E-state index in [1.165, 1.54) is 33.0 Å². The first-order chi connectivity index (χ1) is 35.2. The number of aliphatic hydroxyl groups excluding tert-OH is 2. The maximum absolute atomic E-state index is 14.9. The standard InChI is InChI=1S/C50H69N11O11S2/c1-27(62)41(43(53)65)59-47(69)39(26-74)58-49(71)42(28(2)63)60-45(67)36(15-9-10-20-51)55-48(70)40(23-31-24-54-35-14-8-7-13-33(31)35)61(3)50(72)37(22-29-11-5-4-6-12-29)56-46(68)38(25-73)57-44(66)34(52)21-30-16-18-32(64)19-17-30/h4-8,11-14,16-19,24,27-28,34,36-42,54,62-64,73-74H,9-10,15,20-23,25-26,51-52H2,1-3H3,(H2,53,65)(H,55,70)(H,56,68)(H,57,66)(H,58,71)(H,59,69)(H,60,67)/t27-,28-,34+,36+,37+,38+,39+,40-,41+,42+/m1/s1.